The number of aromatic nitrogens is 4. The fourth-order valence-electron chi connectivity index (χ4n) is 2.50. The second-order valence-electron chi connectivity index (χ2n) is 5.96. The summed E-state index contributed by atoms with van der Waals surface area (Å²) >= 11 is 1.33. The van der Waals surface area contributed by atoms with Crippen molar-refractivity contribution in [3.8, 4) is 22.9 Å². The van der Waals surface area contributed by atoms with Gasteiger partial charge in [0.05, 0.1) is 19.5 Å². The summed E-state index contributed by atoms with van der Waals surface area (Å²) in [6.45, 7) is 1.82. The Bertz CT molecular complexity index is 939. The third-order valence-corrected chi connectivity index (χ3v) is 5.16. The second kappa shape index (κ2) is 8.75. The zero-order valence-electron chi connectivity index (χ0n) is 16.0. The van der Waals surface area contributed by atoms with Crippen molar-refractivity contribution in [3.63, 3.8) is 0 Å². The van der Waals surface area contributed by atoms with E-state index in [1.54, 1.807) is 44.8 Å². The fourth-order valence-corrected chi connectivity index (χ4v) is 3.31. The van der Waals surface area contributed by atoms with Crippen molar-refractivity contribution in [2.24, 2.45) is 7.05 Å². The minimum atomic E-state index is -0.387. The molecule has 8 nitrogen and oxygen atoms in total. The first-order valence-electron chi connectivity index (χ1n) is 8.52. The number of hydrogen-bond acceptors (Lipinski definition) is 7. The number of amides is 1. The van der Waals surface area contributed by atoms with Crippen LogP contribution < -0.4 is 14.8 Å². The Kier molecular flexibility index (Phi) is 6.15. The monoisotopic (exact) mass is 399 g/mol. The van der Waals surface area contributed by atoms with Gasteiger partial charge in [-0.15, -0.1) is 10.2 Å². The van der Waals surface area contributed by atoms with Crippen molar-refractivity contribution in [1.29, 1.82) is 0 Å². The molecule has 1 unspecified atom stereocenters. The Labute approximate surface area is 167 Å². The largest absolute Gasteiger partial charge is 0.497 e. The molecule has 9 heteroatoms. The summed E-state index contributed by atoms with van der Waals surface area (Å²) in [5.41, 5.74) is 1.47. The van der Waals surface area contributed by atoms with Gasteiger partial charge in [-0.25, -0.2) is 0 Å². The lowest BCUT2D eigenvalue weighted by Crippen LogP contribution is -2.22. The molecule has 28 heavy (non-hydrogen) atoms. The predicted molar refractivity (Wildman–Crippen MR) is 108 cm³/mol. The number of pyridine rings is 1. The van der Waals surface area contributed by atoms with Crippen LogP contribution in [0.4, 0.5) is 5.69 Å². The molecule has 3 aromatic rings. The van der Waals surface area contributed by atoms with E-state index in [2.05, 4.69) is 20.5 Å². The van der Waals surface area contributed by atoms with Gasteiger partial charge in [-0.05, 0) is 19.1 Å². The molecule has 0 saturated heterocycles. The molecule has 0 bridgehead atoms. The Morgan fingerprint density at radius 3 is 2.50 bits per heavy atom. The van der Waals surface area contributed by atoms with Gasteiger partial charge >= 0.3 is 0 Å². The van der Waals surface area contributed by atoms with E-state index in [1.807, 2.05) is 30.7 Å². The number of hydrogen-bond donors (Lipinski definition) is 1. The van der Waals surface area contributed by atoms with E-state index in [0.29, 0.717) is 28.2 Å². The summed E-state index contributed by atoms with van der Waals surface area (Å²) in [5.74, 6) is 1.74. The third-order valence-electron chi connectivity index (χ3n) is 4.03. The summed E-state index contributed by atoms with van der Waals surface area (Å²) in [6, 6.07) is 8.97. The zero-order valence-corrected chi connectivity index (χ0v) is 16.9. The van der Waals surface area contributed by atoms with E-state index in [4.69, 9.17) is 9.47 Å². The molecule has 1 N–H and O–H groups in total. The van der Waals surface area contributed by atoms with Gasteiger partial charge in [-0.3, -0.25) is 9.78 Å². The molecule has 0 aliphatic carbocycles. The van der Waals surface area contributed by atoms with Gasteiger partial charge in [0.25, 0.3) is 0 Å². The van der Waals surface area contributed by atoms with Crippen molar-refractivity contribution in [2.45, 2.75) is 17.3 Å². The summed E-state index contributed by atoms with van der Waals surface area (Å²) < 4.78 is 12.3. The highest BCUT2D eigenvalue weighted by Gasteiger charge is 2.20. The number of benzene rings is 1. The molecule has 1 atom stereocenters. The number of thioether (sulfide) groups is 1. The average Bonchev–Trinajstić information content (AvgIpc) is 3.08. The Morgan fingerprint density at radius 2 is 1.89 bits per heavy atom. The van der Waals surface area contributed by atoms with Gasteiger partial charge in [0.15, 0.2) is 11.0 Å². The number of nitrogens with zero attached hydrogens (tertiary/aromatic N) is 4. The first-order chi connectivity index (χ1) is 13.5. The molecule has 2 heterocycles. The maximum absolute atomic E-state index is 12.6. The molecule has 0 saturated carbocycles. The van der Waals surface area contributed by atoms with E-state index < -0.39 is 0 Å². The third kappa shape index (κ3) is 4.42. The number of ether oxygens (including phenoxy) is 2. The highest BCUT2D eigenvalue weighted by molar-refractivity contribution is 8.00. The molecule has 3 rings (SSSR count). The van der Waals surface area contributed by atoms with E-state index in [9.17, 15) is 4.79 Å². The van der Waals surface area contributed by atoms with Gasteiger partial charge in [0, 0.05) is 48.9 Å². The van der Waals surface area contributed by atoms with Gasteiger partial charge in [0.1, 0.15) is 11.5 Å². The van der Waals surface area contributed by atoms with Crippen molar-refractivity contribution in [1.82, 2.24) is 19.7 Å². The van der Waals surface area contributed by atoms with Gasteiger partial charge < -0.3 is 19.4 Å². The Hall–Kier alpha value is -3.07. The Balaban J connectivity index is 1.71. The number of carbonyl (C=O) groups excluding carboxylic acids is 1. The van der Waals surface area contributed by atoms with Crippen LogP contribution in [0, 0.1) is 0 Å². The van der Waals surface area contributed by atoms with Crippen molar-refractivity contribution in [2.75, 3.05) is 19.5 Å². The van der Waals surface area contributed by atoms with E-state index in [0.717, 1.165) is 5.56 Å². The minimum absolute atomic E-state index is 0.161. The lowest BCUT2D eigenvalue weighted by molar-refractivity contribution is -0.115. The van der Waals surface area contributed by atoms with Crippen LogP contribution in [0.5, 0.6) is 11.5 Å². The smallest absolute Gasteiger partial charge is 0.237 e. The van der Waals surface area contributed by atoms with Crippen molar-refractivity contribution >= 4 is 23.4 Å². The Morgan fingerprint density at radius 1 is 1.18 bits per heavy atom. The first-order valence-corrected chi connectivity index (χ1v) is 9.40. The molecule has 0 radical (unpaired) electrons. The molecule has 2 aromatic heterocycles. The van der Waals surface area contributed by atoms with Gasteiger partial charge in [-0.1, -0.05) is 11.8 Å². The van der Waals surface area contributed by atoms with Crippen LogP contribution in [-0.4, -0.2) is 45.1 Å². The van der Waals surface area contributed by atoms with Crippen LogP contribution in [0.3, 0.4) is 0 Å². The maximum atomic E-state index is 12.6. The van der Waals surface area contributed by atoms with Crippen molar-refractivity contribution < 1.29 is 14.3 Å². The molecular formula is C19H21N5O3S. The van der Waals surface area contributed by atoms with E-state index in [1.165, 1.54) is 11.8 Å². The zero-order chi connectivity index (χ0) is 20.1. The lowest BCUT2D eigenvalue weighted by atomic mass is 10.2. The maximum Gasteiger partial charge on any atom is 0.237 e. The normalized spacial score (nSPS) is 11.7. The average molecular weight is 399 g/mol. The molecule has 1 aromatic carbocycles. The molecule has 146 valence electrons. The van der Waals surface area contributed by atoms with E-state index in [-0.39, 0.29) is 11.2 Å². The van der Waals surface area contributed by atoms with Crippen LogP contribution in [-0.2, 0) is 11.8 Å². The molecule has 0 spiro atoms. The predicted octanol–water partition coefficient (Wildman–Crippen LogP) is 3.01. The van der Waals surface area contributed by atoms with E-state index >= 15 is 0 Å². The number of anilines is 1. The molecule has 0 fully saturated rings. The van der Waals surface area contributed by atoms with Crippen LogP contribution >= 0.6 is 11.8 Å². The van der Waals surface area contributed by atoms with Crippen LogP contribution in [0.2, 0.25) is 0 Å². The summed E-state index contributed by atoms with van der Waals surface area (Å²) in [6.07, 6.45) is 3.43. The van der Waals surface area contributed by atoms with Gasteiger partial charge in [-0.2, -0.15) is 0 Å². The highest BCUT2D eigenvalue weighted by Crippen LogP contribution is 2.28. The quantitative estimate of drug-likeness (QED) is 0.611. The topological polar surface area (TPSA) is 91.2 Å². The number of nitrogens with one attached hydrogen (secondary N) is 1. The lowest BCUT2D eigenvalue weighted by Gasteiger charge is -2.13. The van der Waals surface area contributed by atoms with Crippen LogP contribution in [0.15, 0.2) is 47.9 Å². The summed E-state index contributed by atoms with van der Waals surface area (Å²) in [7, 11) is 4.99. The summed E-state index contributed by atoms with van der Waals surface area (Å²) in [5, 5.41) is 11.6. The highest BCUT2D eigenvalue weighted by atomic mass is 32.2. The molecule has 0 aliphatic rings. The van der Waals surface area contributed by atoms with Gasteiger partial charge in [0.2, 0.25) is 5.91 Å². The molecule has 0 aliphatic heterocycles. The molecular weight excluding hydrogens is 378 g/mol. The fraction of sp³-hybridized carbons (Fsp3) is 0.263. The minimum Gasteiger partial charge on any atom is -0.497 e. The standard InChI is InChI=1S/C19H21N5O3S/c1-12(18(25)21-14-8-15(26-3)10-16(9-14)27-4)28-19-23-22-17(24(19)2)13-6-5-7-20-11-13/h5-12H,1-4H3,(H,21,25). The van der Waals surface area contributed by atoms with Crippen molar-refractivity contribution in [3.05, 3.63) is 42.7 Å². The second-order valence-corrected chi connectivity index (χ2v) is 7.27. The summed E-state index contributed by atoms with van der Waals surface area (Å²) in [4.78, 5) is 16.7. The van der Waals surface area contributed by atoms with Crippen LogP contribution in [0.1, 0.15) is 6.92 Å². The van der Waals surface area contributed by atoms with Crippen LogP contribution in [0.25, 0.3) is 11.4 Å². The number of carbonyl (C=O) groups is 1. The number of rotatable bonds is 7. The SMILES string of the molecule is COc1cc(NC(=O)C(C)Sc2nnc(-c3cccnc3)n2C)cc(OC)c1. The first kappa shape index (κ1) is 19.7. The number of methoxy groups -OCH3 is 2. The molecule has 1 amide bonds.